The van der Waals surface area contributed by atoms with E-state index in [2.05, 4.69) is 9.97 Å². The Labute approximate surface area is 166 Å². The molecule has 0 aliphatic carbocycles. The Bertz CT molecular complexity index is 1120. The lowest BCUT2D eigenvalue weighted by Gasteiger charge is -2.39. The van der Waals surface area contributed by atoms with Crippen LogP contribution in [0, 0.1) is 5.82 Å². The highest BCUT2D eigenvalue weighted by Crippen LogP contribution is 2.28. The van der Waals surface area contributed by atoms with Crippen molar-refractivity contribution in [3.63, 3.8) is 0 Å². The summed E-state index contributed by atoms with van der Waals surface area (Å²) in [6, 6.07) is 5.97. The van der Waals surface area contributed by atoms with Crippen molar-refractivity contribution in [2.45, 2.75) is 32.4 Å². The summed E-state index contributed by atoms with van der Waals surface area (Å²) < 4.78 is 21.1. The second kappa shape index (κ2) is 7.75. The molecule has 1 fully saturated rings. The Hall–Kier alpha value is -3.07. The molecule has 1 amide bonds. The monoisotopic (exact) mass is 399 g/mol. The molecule has 0 unspecified atom stereocenters. The molecule has 1 aliphatic heterocycles. The molecule has 0 bridgehead atoms. The Balaban J connectivity index is 1.64. The predicted octanol–water partition coefficient (Wildman–Crippen LogP) is 2.36. The van der Waals surface area contributed by atoms with Crippen LogP contribution >= 0.6 is 0 Å². The number of imidazole rings is 1. The maximum absolute atomic E-state index is 13.4. The fraction of sp³-hybridized carbons (Fsp3) is 0.400. The van der Waals surface area contributed by atoms with Crippen LogP contribution in [0.15, 0.2) is 35.3 Å². The first-order valence-corrected chi connectivity index (χ1v) is 9.54. The lowest BCUT2D eigenvalue weighted by atomic mass is 9.92. The van der Waals surface area contributed by atoms with E-state index in [0.717, 1.165) is 16.6 Å². The second-order valence-electron chi connectivity index (χ2n) is 7.14. The number of carbonyl (C=O) groups excluding carboxylic acids is 1. The highest BCUT2D eigenvalue weighted by Gasteiger charge is 2.34. The lowest BCUT2D eigenvalue weighted by molar-refractivity contribution is 0.152. The molecule has 4 rings (SSSR count). The highest BCUT2D eigenvalue weighted by atomic mass is 19.1. The third kappa shape index (κ3) is 3.42. The maximum atomic E-state index is 13.4. The van der Waals surface area contributed by atoms with Crippen molar-refractivity contribution in [3.8, 4) is 0 Å². The number of methoxy groups -OCH3 is 1. The van der Waals surface area contributed by atoms with Crippen LogP contribution in [-0.4, -0.2) is 50.2 Å². The van der Waals surface area contributed by atoms with Crippen molar-refractivity contribution in [3.05, 3.63) is 58.2 Å². The topological polar surface area (TPSA) is 82.2 Å². The number of ether oxygens (including phenoxy) is 1. The minimum absolute atomic E-state index is 0.0545. The first-order chi connectivity index (χ1) is 14.0. The number of amides is 1. The van der Waals surface area contributed by atoms with Crippen LogP contribution in [0.3, 0.4) is 0 Å². The van der Waals surface area contributed by atoms with Crippen LogP contribution in [0.2, 0.25) is 0 Å². The minimum atomic E-state index is -0.426. The van der Waals surface area contributed by atoms with E-state index in [1.165, 1.54) is 22.9 Å². The van der Waals surface area contributed by atoms with Gasteiger partial charge >= 0.3 is 11.7 Å². The summed E-state index contributed by atoms with van der Waals surface area (Å²) in [5, 5.41) is 0. The molecule has 1 aliphatic rings. The van der Waals surface area contributed by atoms with E-state index in [0.29, 0.717) is 36.6 Å². The molecule has 152 valence electrons. The lowest BCUT2D eigenvalue weighted by Crippen LogP contribution is -2.52. The molecule has 1 saturated heterocycles. The zero-order chi connectivity index (χ0) is 20.5. The molecule has 8 nitrogen and oxygen atoms in total. The van der Waals surface area contributed by atoms with Gasteiger partial charge < -0.3 is 9.64 Å². The van der Waals surface area contributed by atoms with Crippen LogP contribution in [0.25, 0.3) is 11.2 Å². The molecule has 0 saturated carbocycles. The molecular formula is C20H22FN5O3. The van der Waals surface area contributed by atoms with Gasteiger partial charge in [0.25, 0.3) is 0 Å². The van der Waals surface area contributed by atoms with Gasteiger partial charge in [-0.25, -0.2) is 28.5 Å². The second-order valence-corrected chi connectivity index (χ2v) is 7.14. The van der Waals surface area contributed by atoms with Crippen molar-refractivity contribution in [1.29, 1.82) is 0 Å². The van der Waals surface area contributed by atoms with E-state index in [9.17, 15) is 14.0 Å². The van der Waals surface area contributed by atoms with Gasteiger partial charge in [-0.1, -0.05) is 19.1 Å². The first kappa shape index (κ1) is 19.3. The summed E-state index contributed by atoms with van der Waals surface area (Å²) in [5.74, 6) is 0.207. The third-order valence-electron chi connectivity index (χ3n) is 5.10. The Morgan fingerprint density at radius 1 is 1.34 bits per heavy atom. The zero-order valence-electron chi connectivity index (χ0n) is 16.3. The molecule has 0 spiro atoms. The summed E-state index contributed by atoms with van der Waals surface area (Å²) in [6.07, 6.45) is 2.22. The van der Waals surface area contributed by atoms with Crippen molar-refractivity contribution < 1.29 is 13.9 Å². The van der Waals surface area contributed by atoms with E-state index in [1.54, 1.807) is 18.1 Å². The molecule has 3 aromatic rings. The van der Waals surface area contributed by atoms with Gasteiger partial charge in [0.2, 0.25) is 0 Å². The Morgan fingerprint density at radius 3 is 2.83 bits per heavy atom. The quantitative estimate of drug-likeness (QED) is 0.658. The Kier molecular flexibility index (Phi) is 5.14. The number of rotatable bonds is 5. The summed E-state index contributed by atoms with van der Waals surface area (Å²) in [5.41, 5.74) is 1.23. The van der Waals surface area contributed by atoms with Crippen LogP contribution < -0.4 is 5.69 Å². The van der Waals surface area contributed by atoms with Crippen molar-refractivity contribution in [2.75, 3.05) is 20.2 Å². The molecule has 3 heterocycles. The van der Waals surface area contributed by atoms with Crippen LogP contribution in [0.4, 0.5) is 9.18 Å². The molecule has 0 N–H and O–H groups in total. The molecule has 9 heteroatoms. The number of fused-ring (bicyclic) bond motifs is 1. The number of nitrogens with zero attached hydrogens (tertiary/aromatic N) is 5. The number of benzene rings is 1. The number of aryl methyl sites for hydroxylation is 1. The number of likely N-dealkylation sites (tertiary alicyclic amines) is 1. The molecule has 1 aromatic carbocycles. The van der Waals surface area contributed by atoms with Gasteiger partial charge in [0, 0.05) is 32.7 Å². The highest BCUT2D eigenvalue weighted by molar-refractivity contribution is 5.88. The van der Waals surface area contributed by atoms with Gasteiger partial charge in [-0.2, -0.15) is 0 Å². The third-order valence-corrected chi connectivity index (χ3v) is 5.10. The van der Waals surface area contributed by atoms with Gasteiger partial charge in [0.1, 0.15) is 17.9 Å². The number of hydrogen-bond donors (Lipinski definition) is 0. The first-order valence-electron chi connectivity index (χ1n) is 9.54. The van der Waals surface area contributed by atoms with E-state index < -0.39 is 11.7 Å². The molecule has 0 radical (unpaired) electrons. The van der Waals surface area contributed by atoms with Gasteiger partial charge in [0.15, 0.2) is 11.5 Å². The molecule has 0 atom stereocenters. The molecular weight excluding hydrogens is 377 g/mol. The zero-order valence-corrected chi connectivity index (χ0v) is 16.3. The van der Waals surface area contributed by atoms with Crippen molar-refractivity contribution in [2.24, 2.45) is 0 Å². The van der Waals surface area contributed by atoms with Crippen LogP contribution in [0.1, 0.15) is 30.7 Å². The molecule has 29 heavy (non-hydrogen) atoms. The number of carbonyl (C=O) groups is 1. The van der Waals surface area contributed by atoms with E-state index in [-0.39, 0.29) is 18.3 Å². The van der Waals surface area contributed by atoms with Crippen LogP contribution in [0.5, 0.6) is 0 Å². The average molecular weight is 399 g/mol. The average Bonchev–Trinajstić information content (AvgIpc) is 2.93. The maximum Gasteiger partial charge on any atom is 0.338 e. The summed E-state index contributed by atoms with van der Waals surface area (Å²) >= 11 is 0. The predicted molar refractivity (Wildman–Crippen MR) is 104 cm³/mol. The summed E-state index contributed by atoms with van der Waals surface area (Å²) in [4.78, 5) is 36.2. The van der Waals surface area contributed by atoms with Crippen LogP contribution in [-0.2, 0) is 17.9 Å². The number of hydrogen-bond acceptors (Lipinski definition) is 5. The SMILES string of the molecule is CCCn1c(=O)n(C(=O)N2CC(c3cccc(F)c3)C2)c2cnc(COC)nc21. The van der Waals surface area contributed by atoms with Gasteiger partial charge in [-0.3, -0.25) is 4.57 Å². The fourth-order valence-electron chi connectivity index (χ4n) is 3.63. The fourth-order valence-corrected chi connectivity index (χ4v) is 3.63. The van der Waals surface area contributed by atoms with E-state index in [4.69, 9.17) is 4.74 Å². The van der Waals surface area contributed by atoms with Gasteiger partial charge in [-0.15, -0.1) is 0 Å². The van der Waals surface area contributed by atoms with Gasteiger partial charge in [0.05, 0.1) is 6.20 Å². The minimum Gasteiger partial charge on any atom is -0.377 e. The summed E-state index contributed by atoms with van der Waals surface area (Å²) in [7, 11) is 1.54. The molecule has 2 aromatic heterocycles. The Morgan fingerprint density at radius 2 is 2.14 bits per heavy atom. The van der Waals surface area contributed by atoms with Crippen molar-refractivity contribution >= 4 is 17.2 Å². The largest absolute Gasteiger partial charge is 0.377 e. The number of halogens is 1. The van der Waals surface area contributed by atoms with Gasteiger partial charge in [-0.05, 0) is 24.1 Å². The number of aromatic nitrogens is 4. The van der Waals surface area contributed by atoms with E-state index in [1.807, 2.05) is 13.0 Å². The standard InChI is InChI=1S/C20H22FN5O3/c1-3-7-25-18-16(9-22-17(23-18)12-29-2)26(20(25)28)19(27)24-10-14(11-24)13-5-4-6-15(21)8-13/h4-6,8-9,14H,3,7,10-12H2,1-2H3. The summed E-state index contributed by atoms with van der Waals surface area (Å²) in [6.45, 7) is 3.48. The van der Waals surface area contributed by atoms with E-state index >= 15 is 0 Å². The normalized spacial score (nSPS) is 14.4. The smallest absolute Gasteiger partial charge is 0.338 e. The van der Waals surface area contributed by atoms with Crippen molar-refractivity contribution in [1.82, 2.24) is 24.0 Å².